The maximum absolute atomic E-state index is 3.54. The largest absolute Gasteiger partial charge is 0.310 e. The molecule has 0 aliphatic heterocycles. The van der Waals surface area contributed by atoms with Crippen LogP contribution in [0.15, 0.2) is 28.7 Å². The Morgan fingerprint density at radius 1 is 1.36 bits per heavy atom. The third-order valence-corrected chi connectivity index (χ3v) is 2.79. The summed E-state index contributed by atoms with van der Waals surface area (Å²) in [5.41, 5.74) is 1.37. The van der Waals surface area contributed by atoms with Crippen LogP contribution in [0.1, 0.15) is 38.3 Å². The number of hydrogen-bond acceptors (Lipinski definition) is 1. The topological polar surface area (TPSA) is 12.0 Å². The maximum atomic E-state index is 3.54. The first-order valence-corrected chi connectivity index (χ1v) is 6.06. The lowest BCUT2D eigenvalue weighted by Gasteiger charge is -2.17. The van der Waals surface area contributed by atoms with Crippen LogP contribution >= 0.6 is 15.9 Å². The normalized spacial score (nSPS) is 12.8. The van der Waals surface area contributed by atoms with Crippen molar-refractivity contribution in [2.75, 3.05) is 6.54 Å². The molecule has 0 fully saturated rings. The van der Waals surface area contributed by atoms with Crippen LogP contribution < -0.4 is 5.32 Å². The first-order chi connectivity index (χ1) is 6.77. The lowest BCUT2D eigenvalue weighted by molar-refractivity contribution is 0.518. The summed E-state index contributed by atoms with van der Waals surface area (Å²) in [4.78, 5) is 0. The fourth-order valence-electron chi connectivity index (χ4n) is 1.54. The van der Waals surface area contributed by atoms with Gasteiger partial charge in [-0.15, -0.1) is 0 Å². The van der Waals surface area contributed by atoms with Crippen LogP contribution in [0.5, 0.6) is 0 Å². The summed E-state index contributed by atoms with van der Waals surface area (Å²) >= 11 is 3.50. The Bertz CT molecular complexity index is 273. The van der Waals surface area contributed by atoms with Crippen LogP contribution in [0, 0.1) is 0 Å². The summed E-state index contributed by atoms with van der Waals surface area (Å²) in [6.07, 6.45) is 2.32. The van der Waals surface area contributed by atoms with Gasteiger partial charge in [0, 0.05) is 10.5 Å². The van der Waals surface area contributed by atoms with E-state index in [1.165, 1.54) is 12.0 Å². The van der Waals surface area contributed by atoms with Crippen molar-refractivity contribution >= 4 is 15.9 Å². The van der Waals surface area contributed by atoms with Gasteiger partial charge in [0.25, 0.3) is 0 Å². The summed E-state index contributed by atoms with van der Waals surface area (Å²) in [5.74, 6) is 0. The lowest BCUT2D eigenvalue weighted by Crippen LogP contribution is -2.21. The molecule has 1 atom stereocenters. The van der Waals surface area contributed by atoms with Gasteiger partial charge < -0.3 is 5.32 Å². The molecule has 0 saturated carbocycles. The smallest absolute Gasteiger partial charge is 0.0318 e. The Balaban J connectivity index is 2.68. The Morgan fingerprint density at radius 2 is 2.14 bits per heavy atom. The zero-order chi connectivity index (χ0) is 10.4. The van der Waals surface area contributed by atoms with Crippen LogP contribution in [-0.2, 0) is 0 Å². The van der Waals surface area contributed by atoms with E-state index >= 15 is 0 Å². The Hall–Kier alpha value is -0.340. The third-order valence-electron chi connectivity index (χ3n) is 2.30. The van der Waals surface area contributed by atoms with E-state index in [1.807, 2.05) is 0 Å². The summed E-state index contributed by atoms with van der Waals surface area (Å²) in [5, 5.41) is 3.54. The number of rotatable bonds is 5. The second-order valence-electron chi connectivity index (χ2n) is 3.47. The number of benzene rings is 1. The SMILES string of the molecule is CCCN[C@H](CC)c1cccc(Br)c1. The Labute approximate surface area is 95.0 Å². The van der Waals surface area contributed by atoms with Gasteiger partial charge in [-0.3, -0.25) is 0 Å². The fraction of sp³-hybridized carbons (Fsp3) is 0.500. The number of halogens is 1. The molecule has 0 amide bonds. The second kappa shape index (κ2) is 6.20. The van der Waals surface area contributed by atoms with E-state index in [4.69, 9.17) is 0 Å². The molecule has 0 aliphatic carbocycles. The molecule has 0 radical (unpaired) electrons. The van der Waals surface area contributed by atoms with Gasteiger partial charge in [-0.05, 0) is 37.1 Å². The Morgan fingerprint density at radius 3 is 2.71 bits per heavy atom. The second-order valence-corrected chi connectivity index (χ2v) is 4.39. The highest BCUT2D eigenvalue weighted by molar-refractivity contribution is 9.10. The molecule has 1 N–H and O–H groups in total. The van der Waals surface area contributed by atoms with Crippen molar-refractivity contribution in [3.05, 3.63) is 34.3 Å². The molecular weight excluding hydrogens is 238 g/mol. The van der Waals surface area contributed by atoms with E-state index < -0.39 is 0 Å². The van der Waals surface area contributed by atoms with Crippen molar-refractivity contribution in [1.82, 2.24) is 5.32 Å². The van der Waals surface area contributed by atoms with Crippen molar-refractivity contribution in [3.8, 4) is 0 Å². The minimum atomic E-state index is 0.493. The zero-order valence-corrected chi connectivity index (χ0v) is 10.5. The number of hydrogen-bond donors (Lipinski definition) is 1. The molecule has 0 unspecified atom stereocenters. The van der Waals surface area contributed by atoms with Gasteiger partial charge in [-0.25, -0.2) is 0 Å². The van der Waals surface area contributed by atoms with Crippen LogP contribution in [0.3, 0.4) is 0 Å². The van der Waals surface area contributed by atoms with Crippen LogP contribution in [0.25, 0.3) is 0 Å². The van der Waals surface area contributed by atoms with Crippen LogP contribution in [0.4, 0.5) is 0 Å². The van der Waals surface area contributed by atoms with E-state index in [0.717, 1.165) is 17.4 Å². The fourth-order valence-corrected chi connectivity index (χ4v) is 1.96. The molecule has 1 aromatic carbocycles. The average molecular weight is 256 g/mol. The highest BCUT2D eigenvalue weighted by Crippen LogP contribution is 2.20. The quantitative estimate of drug-likeness (QED) is 0.842. The van der Waals surface area contributed by atoms with Crippen molar-refractivity contribution in [1.29, 1.82) is 0 Å². The lowest BCUT2D eigenvalue weighted by atomic mass is 10.0. The molecule has 78 valence electrons. The van der Waals surface area contributed by atoms with E-state index in [2.05, 4.69) is 59.4 Å². The monoisotopic (exact) mass is 255 g/mol. The maximum Gasteiger partial charge on any atom is 0.0318 e. The molecule has 2 heteroatoms. The molecule has 0 aliphatic rings. The molecule has 1 aromatic rings. The molecule has 0 heterocycles. The van der Waals surface area contributed by atoms with Crippen LogP contribution in [0.2, 0.25) is 0 Å². The average Bonchev–Trinajstić information content (AvgIpc) is 2.19. The third kappa shape index (κ3) is 3.43. The summed E-state index contributed by atoms with van der Waals surface area (Å²) in [6.45, 7) is 5.50. The number of nitrogens with one attached hydrogen (secondary N) is 1. The summed E-state index contributed by atoms with van der Waals surface area (Å²) in [7, 11) is 0. The predicted octanol–water partition coefficient (Wildman–Crippen LogP) is 3.90. The van der Waals surface area contributed by atoms with Gasteiger partial charge in [-0.2, -0.15) is 0 Å². The van der Waals surface area contributed by atoms with Gasteiger partial charge in [-0.1, -0.05) is 41.9 Å². The highest BCUT2D eigenvalue weighted by atomic mass is 79.9. The van der Waals surface area contributed by atoms with E-state index in [-0.39, 0.29) is 0 Å². The molecule has 0 spiro atoms. The standard InChI is InChI=1S/C12H18BrN/c1-3-8-14-12(4-2)10-6-5-7-11(13)9-10/h5-7,9,12,14H,3-4,8H2,1-2H3/t12-/m1/s1. The van der Waals surface area contributed by atoms with Gasteiger partial charge in [0.2, 0.25) is 0 Å². The molecule has 0 aromatic heterocycles. The van der Waals surface area contributed by atoms with E-state index in [1.54, 1.807) is 0 Å². The Kier molecular flexibility index (Phi) is 5.20. The van der Waals surface area contributed by atoms with Gasteiger partial charge >= 0.3 is 0 Å². The molecule has 1 rings (SSSR count). The van der Waals surface area contributed by atoms with Gasteiger partial charge in [0.05, 0.1) is 0 Å². The minimum absolute atomic E-state index is 0.493. The molecule has 0 bridgehead atoms. The van der Waals surface area contributed by atoms with E-state index in [9.17, 15) is 0 Å². The first kappa shape index (κ1) is 11.7. The van der Waals surface area contributed by atoms with Gasteiger partial charge in [0.15, 0.2) is 0 Å². The minimum Gasteiger partial charge on any atom is -0.310 e. The van der Waals surface area contributed by atoms with Crippen molar-refractivity contribution in [2.24, 2.45) is 0 Å². The first-order valence-electron chi connectivity index (χ1n) is 5.26. The van der Waals surface area contributed by atoms with Crippen molar-refractivity contribution in [2.45, 2.75) is 32.7 Å². The van der Waals surface area contributed by atoms with Crippen molar-refractivity contribution in [3.63, 3.8) is 0 Å². The van der Waals surface area contributed by atoms with E-state index in [0.29, 0.717) is 6.04 Å². The summed E-state index contributed by atoms with van der Waals surface area (Å²) < 4.78 is 1.16. The molecule has 1 nitrogen and oxygen atoms in total. The molecule has 0 saturated heterocycles. The van der Waals surface area contributed by atoms with Crippen molar-refractivity contribution < 1.29 is 0 Å². The van der Waals surface area contributed by atoms with Gasteiger partial charge in [0.1, 0.15) is 0 Å². The highest BCUT2D eigenvalue weighted by Gasteiger charge is 2.07. The summed E-state index contributed by atoms with van der Waals surface area (Å²) in [6, 6.07) is 9.02. The predicted molar refractivity (Wildman–Crippen MR) is 65.5 cm³/mol. The molecule has 14 heavy (non-hydrogen) atoms. The molecular formula is C12H18BrN. The van der Waals surface area contributed by atoms with Crippen LogP contribution in [-0.4, -0.2) is 6.54 Å². The zero-order valence-electron chi connectivity index (χ0n) is 8.89.